The third-order valence-electron chi connectivity index (χ3n) is 7.02. The Balaban J connectivity index is 1.86. The number of aromatic hydroxyl groups is 2. The smallest absolute Gasteiger partial charge is 0.296 e. The molecule has 0 aliphatic heterocycles. The molecule has 4 aromatic carbocycles. The van der Waals surface area contributed by atoms with Gasteiger partial charge in [0.15, 0.2) is 25.4 Å². The van der Waals surface area contributed by atoms with Crippen molar-refractivity contribution in [3.05, 3.63) is 54.6 Å². The van der Waals surface area contributed by atoms with Crippen LogP contribution in [0.3, 0.4) is 0 Å². The van der Waals surface area contributed by atoms with Gasteiger partial charge in [-0.3, -0.25) is 9.11 Å². The number of rotatable bonds is 13. The van der Waals surface area contributed by atoms with Crippen LogP contribution < -0.4 is 10.1 Å². The molecule has 0 saturated heterocycles. The molecule has 18 nitrogen and oxygen atoms in total. The maximum absolute atomic E-state index is 12.4. The average Bonchev–Trinajstić information content (AvgIpc) is 3.05. The van der Waals surface area contributed by atoms with Crippen molar-refractivity contribution >= 4 is 79.1 Å². The summed E-state index contributed by atoms with van der Waals surface area (Å²) in [5.74, 6) is -2.80. The molecule has 0 amide bonds. The van der Waals surface area contributed by atoms with Crippen molar-refractivity contribution in [3.8, 4) is 17.2 Å². The molecule has 268 valence electrons. The molecule has 50 heavy (non-hydrogen) atoms. The minimum atomic E-state index is -5.04. The lowest BCUT2D eigenvalue weighted by Crippen LogP contribution is -2.13. The minimum absolute atomic E-state index is 0.0263. The second-order valence-corrected chi connectivity index (χ2v) is 17.6. The highest BCUT2D eigenvalue weighted by Crippen LogP contribution is 2.44. The monoisotopic (exact) mass is 771 g/mol. The van der Waals surface area contributed by atoms with Crippen LogP contribution in [0.1, 0.15) is 13.8 Å². The second-order valence-electron chi connectivity index (χ2n) is 10.2. The molecule has 5 N–H and O–H groups in total. The van der Waals surface area contributed by atoms with E-state index in [4.69, 9.17) is 4.74 Å². The van der Waals surface area contributed by atoms with Gasteiger partial charge in [0.1, 0.15) is 49.9 Å². The molecule has 0 bridgehead atoms. The number of anilines is 1. The van der Waals surface area contributed by atoms with E-state index in [-0.39, 0.29) is 55.7 Å². The van der Waals surface area contributed by atoms with Crippen LogP contribution in [0.25, 0.3) is 10.8 Å². The van der Waals surface area contributed by atoms with Crippen molar-refractivity contribution in [1.82, 2.24) is 0 Å². The van der Waals surface area contributed by atoms with Crippen molar-refractivity contribution in [3.63, 3.8) is 0 Å². The lowest BCUT2D eigenvalue weighted by molar-refractivity contribution is 0.399. The first-order chi connectivity index (χ1) is 23.2. The summed E-state index contributed by atoms with van der Waals surface area (Å²) in [6, 6.07) is 9.96. The van der Waals surface area contributed by atoms with Gasteiger partial charge in [0.25, 0.3) is 20.2 Å². The van der Waals surface area contributed by atoms with Crippen molar-refractivity contribution < 1.29 is 57.7 Å². The van der Waals surface area contributed by atoms with Crippen molar-refractivity contribution in [2.24, 2.45) is 20.5 Å². The number of sulfone groups is 2. The number of nitrogens with one attached hydrogen (secondary N) is 1. The molecule has 0 aliphatic rings. The highest BCUT2D eigenvalue weighted by atomic mass is 32.2. The van der Waals surface area contributed by atoms with Gasteiger partial charge in [-0.25, -0.2) is 16.8 Å². The van der Waals surface area contributed by atoms with E-state index in [1.807, 2.05) is 0 Å². The fourth-order valence-corrected chi connectivity index (χ4v) is 7.41. The van der Waals surface area contributed by atoms with E-state index in [2.05, 4.69) is 25.8 Å². The third-order valence-corrected chi connectivity index (χ3v) is 11.9. The van der Waals surface area contributed by atoms with E-state index in [1.165, 1.54) is 45.2 Å². The maximum atomic E-state index is 12.4. The Morgan fingerprint density at radius 2 is 1.28 bits per heavy atom. The van der Waals surface area contributed by atoms with Crippen LogP contribution in [0, 0.1) is 0 Å². The Kier molecular flexibility index (Phi) is 10.8. The molecular formula is C28H29N5O13S4. The Morgan fingerprint density at radius 1 is 0.680 bits per heavy atom. The number of nitrogens with zero attached hydrogens (tertiary/aromatic N) is 4. The zero-order chi connectivity index (χ0) is 37.2. The summed E-state index contributed by atoms with van der Waals surface area (Å²) in [7, 11) is -16.0. The fourth-order valence-electron chi connectivity index (χ4n) is 4.39. The summed E-state index contributed by atoms with van der Waals surface area (Å²) in [4.78, 5) is -1.57. The van der Waals surface area contributed by atoms with Gasteiger partial charge in [0.2, 0.25) is 0 Å². The summed E-state index contributed by atoms with van der Waals surface area (Å²) in [5.41, 5.74) is -1.15. The van der Waals surface area contributed by atoms with Gasteiger partial charge >= 0.3 is 0 Å². The van der Waals surface area contributed by atoms with Gasteiger partial charge in [-0.05, 0) is 42.5 Å². The molecule has 0 saturated carbocycles. The molecule has 0 heterocycles. The lowest BCUT2D eigenvalue weighted by atomic mass is 10.1. The number of methoxy groups -OCH3 is 1. The van der Waals surface area contributed by atoms with Crippen LogP contribution in [0.4, 0.5) is 28.4 Å². The normalized spacial score (nSPS) is 13.0. The van der Waals surface area contributed by atoms with Crippen LogP contribution in [0.2, 0.25) is 0 Å². The summed E-state index contributed by atoms with van der Waals surface area (Å²) in [6.07, 6.45) is 0. The minimum Gasteiger partial charge on any atom is -0.506 e. The third kappa shape index (κ3) is 8.34. The first-order valence-electron chi connectivity index (χ1n) is 14.0. The molecule has 0 atom stereocenters. The summed E-state index contributed by atoms with van der Waals surface area (Å²) >= 11 is 0. The second kappa shape index (κ2) is 14.2. The predicted molar refractivity (Wildman–Crippen MR) is 180 cm³/mol. The van der Waals surface area contributed by atoms with Gasteiger partial charge in [-0.1, -0.05) is 13.8 Å². The van der Waals surface area contributed by atoms with E-state index in [1.54, 1.807) is 0 Å². The highest BCUT2D eigenvalue weighted by Gasteiger charge is 2.23. The molecule has 0 radical (unpaired) electrons. The van der Waals surface area contributed by atoms with Gasteiger partial charge < -0.3 is 20.3 Å². The van der Waals surface area contributed by atoms with Crippen molar-refractivity contribution in [2.45, 2.75) is 28.5 Å². The van der Waals surface area contributed by atoms with Crippen LogP contribution >= 0.6 is 0 Å². The number of phenols is 2. The molecule has 0 spiro atoms. The SMILES string of the molecule is CCS(=O)(=O)c1ccc(N=Nc2c(NCS(=O)(=O)O)ccc3c(O)c(N=Nc4cc(OC)c(S(=O)(=O)CC)cc4O)ccc23)c(S(=O)(=O)O)c1. The Morgan fingerprint density at radius 3 is 1.88 bits per heavy atom. The van der Waals surface area contributed by atoms with Gasteiger partial charge in [-0.15, -0.1) is 20.5 Å². The molecular weight excluding hydrogens is 743 g/mol. The van der Waals surface area contributed by atoms with Gasteiger partial charge in [0.05, 0.1) is 29.2 Å². The molecule has 0 unspecified atom stereocenters. The van der Waals surface area contributed by atoms with Crippen LogP contribution in [0.5, 0.6) is 17.2 Å². The first-order valence-corrected chi connectivity index (χ1v) is 20.4. The van der Waals surface area contributed by atoms with Gasteiger partial charge in [-0.2, -0.15) is 16.8 Å². The van der Waals surface area contributed by atoms with E-state index in [0.717, 1.165) is 24.3 Å². The first kappa shape index (κ1) is 38.1. The van der Waals surface area contributed by atoms with E-state index >= 15 is 0 Å². The molecule has 0 aliphatic carbocycles. The lowest BCUT2D eigenvalue weighted by Gasteiger charge is -2.12. The van der Waals surface area contributed by atoms with E-state index in [0.29, 0.717) is 6.07 Å². The maximum Gasteiger partial charge on any atom is 0.296 e. The molecule has 22 heteroatoms. The van der Waals surface area contributed by atoms with E-state index in [9.17, 15) is 53.0 Å². The average molecular weight is 772 g/mol. The van der Waals surface area contributed by atoms with Crippen LogP contribution in [-0.2, 0) is 39.9 Å². The number of phenolic OH excluding ortho intramolecular Hbond substituents is 2. The zero-order valence-electron chi connectivity index (χ0n) is 26.2. The Labute approximate surface area is 286 Å². The highest BCUT2D eigenvalue weighted by molar-refractivity contribution is 7.91. The molecule has 4 rings (SSSR count). The number of ether oxygens (including phenoxy) is 1. The largest absolute Gasteiger partial charge is 0.506 e. The Bertz CT molecular complexity index is 2500. The number of hydrogen-bond acceptors (Lipinski definition) is 16. The van der Waals surface area contributed by atoms with Crippen molar-refractivity contribution in [1.29, 1.82) is 0 Å². The van der Waals surface area contributed by atoms with Crippen LogP contribution in [0.15, 0.2) is 89.7 Å². The molecule has 0 fully saturated rings. The molecule has 0 aromatic heterocycles. The quantitative estimate of drug-likeness (QED) is 0.0865. The standard InChI is InChI=1S/C28H29N5O13S4/c1-4-47(36,37)16-6-9-19(25(12-16)50(43,44)45)30-33-27-17-7-11-21(28(35)18(17)8-10-20(27)29-15-49(40,41)42)31-32-22-13-24(46-3)26(14-23(22)34)48(38,39)5-2/h6-14,29,34-35H,4-5,15H2,1-3H3,(H,40,41,42)(H,43,44,45). The number of azo groups is 2. The number of fused-ring (bicyclic) bond motifs is 1. The van der Waals surface area contributed by atoms with Crippen molar-refractivity contribution in [2.75, 3.05) is 29.8 Å². The van der Waals surface area contributed by atoms with Gasteiger partial charge in [0, 0.05) is 22.9 Å². The Hall–Kier alpha value is -4.74. The number of hydrogen-bond donors (Lipinski definition) is 5. The zero-order valence-corrected chi connectivity index (χ0v) is 29.5. The topological polar surface area (TPSA) is 288 Å². The molecule has 4 aromatic rings. The summed E-state index contributed by atoms with van der Waals surface area (Å²) in [5, 5.41) is 39.8. The van der Waals surface area contributed by atoms with E-state index < -0.39 is 72.8 Å². The predicted octanol–water partition coefficient (Wildman–Crippen LogP) is 5.18. The summed E-state index contributed by atoms with van der Waals surface area (Å²) in [6.45, 7) is 2.75. The van der Waals surface area contributed by atoms with Crippen LogP contribution in [-0.4, -0.2) is 77.5 Å². The fraction of sp³-hybridized carbons (Fsp3) is 0.214. The number of benzene rings is 4. The summed E-state index contributed by atoms with van der Waals surface area (Å²) < 4.78 is 121.